The van der Waals surface area contributed by atoms with Gasteiger partial charge in [-0.2, -0.15) is 0 Å². The minimum Gasteiger partial charge on any atom is -0.354 e. The molecule has 4 nitrogen and oxygen atoms in total. The van der Waals surface area contributed by atoms with Crippen LogP contribution in [0.4, 0.5) is 0 Å². The number of hydrogen-bond acceptors (Lipinski definition) is 3. The fourth-order valence-corrected chi connectivity index (χ4v) is 2.49. The zero-order valence-electron chi connectivity index (χ0n) is 10.5. The van der Waals surface area contributed by atoms with Crippen molar-refractivity contribution in [3.8, 4) is 0 Å². The molecule has 1 aliphatic heterocycles. The number of carbonyl (C=O) groups excluding carboxylic acids is 1. The zero-order chi connectivity index (χ0) is 13.0. The monoisotopic (exact) mass is 311 g/mol. The lowest BCUT2D eigenvalue weighted by molar-refractivity contribution is -0.119. The molecular formula is C13H18BrN3O. The molecule has 1 aromatic heterocycles. The Balaban J connectivity index is 1.79. The summed E-state index contributed by atoms with van der Waals surface area (Å²) in [6.45, 7) is 4.50. The number of likely N-dealkylation sites (tertiary alicyclic amines) is 1. The molecule has 0 bridgehead atoms. The smallest absolute Gasteiger partial charge is 0.217 e. The molecule has 1 amide bonds. The highest BCUT2D eigenvalue weighted by Gasteiger charge is 2.19. The number of carbonyl (C=O) groups is 1. The summed E-state index contributed by atoms with van der Waals surface area (Å²) in [4.78, 5) is 17.7. The number of rotatable bonds is 3. The molecule has 1 aliphatic rings. The molecular weight excluding hydrogens is 294 g/mol. The van der Waals surface area contributed by atoms with Gasteiger partial charge in [0, 0.05) is 43.3 Å². The maximum Gasteiger partial charge on any atom is 0.217 e. The quantitative estimate of drug-likeness (QED) is 0.928. The van der Waals surface area contributed by atoms with Crippen LogP contribution in [0, 0.1) is 0 Å². The van der Waals surface area contributed by atoms with Crippen LogP contribution in [0.5, 0.6) is 0 Å². The van der Waals surface area contributed by atoms with Gasteiger partial charge in [-0.1, -0.05) is 0 Å². The molecule has 1 N–H and O–H groups in total. The van der Waals surface area contributed by atoms with E-state index < -0.39 is 0 Å². The van der Waals surface area contributed by atoms with Crippen molar-refractivity contribution in [3.63, 3.8) is 0 Å². The maximum absolute atomic E-state index is 11.0. The minimum atomic E-state index is 0.0722. The average molecular weight is 312 g/mol. The molecule has 1 fully saturated rings. The molecule has 0 radical (unpaired) electrons. The van der Waals surface area contributed by atoms with Gasteiger partial charge in [-0.15, -0.1) is 0 Å². The fourth-order valence-electron chi connectivity index (χ4n) is 2.25. The van der Waals surface area contributed by atoms with E-state index in [0.717, 1.165) is 42.6 Å². The highest BCUT2D eigenvalue weighted by Crippen LogP contribution is 2.14. The van der Waals surface area contributed by atoms with E-state index in [4.69, 9.17) is 0 Å². The van der Waals surface area contributed by atoms with Crippen LogP contribution in [0.2, 0.25) is 0 Å². The van der Waals surface area contributed by atoms with Crippen molar-refractivity contribution in [1.29, 1.82) is 0 Å². The van der Waals surface area contributed by atoms with Gasteiger partial charge >= 0.3 is 0 Å². The number of pyridine rings is 1. The third-order valence-corrected chi connectivity index (χ3v) is 3.64. The van der Waals surface area contributed by atoms with Crippen LogP contribution in [-0.2, 0) is 11.3 Å². The standard InChI is InChI=1S/C13H18BrN3O/c1-10(18)16-12-4-6-17(7-5-12)9-13-3-2-11(14)8-15-13/h2-3,8,12H,4-7,9H2,1H3,(H,16,18). The SMILES string of the molecule is CC(=O)NC1CCN(Cc2ccc(Br)cn2)CC1. The van der Waals surface area contributed by atoms with Crippen LogP contribution in [-0.4, -0.2) is 34.9 Å². The number of aromatic nitrogens is 1. The van der Waals surface area contributed by atoms with E-state index in [9.17, 15) is 4.79 Å². The molecule has 0 unspecified atom stereocenters. The molecule has 2 heterocycles. The molecule has 0 spiro atoms. The topological polar surface area (TPSA) is 45.2 Å². The van der Waals surface area contributed by atoms with E-state index in [2.05, 4.69) is 31.1 Å². The summed E-state index contributed by atoms with van der Waals surface area (Å²) in [6, 6.07) is 4.41. The Kier molecular flexibility index (Phi) is 4.72. The largest absolute Gasteiger partial charge is 0.354 e. The van der Waals surface area contributed by atoms with Gasteiger partial charge in [0.25, 0.3) is 0 Å². The van der Waals surface area contributed by atoms with Gasteiger partial charge in [0.15, 0.2) is 0 Å². The van der Waals surface area contributed by atoms with E-state index in [0.29, 0.717) is 6.04 Å². The number of nitrogens with one attached hydrogen (secondary N) is 1. The van der Waals surface area contributed by atoms with Gasteiger partial charge in [0.2, 0.25) is 5.91 Å². The number of amides is 1. The Morgan fingerprint density at radius 3 is 2.78 bits per heavy atom. The first-order valence-electron chi connectivity index (χ1n) is 6.23. The van der Waals surface area contributed by atoms with Crippen molar-refractivity contribution in [2.45, 2.75) is 32.4 Å². The minimum absolute atomic E-state index is 0.0722. The first kappa shape index (κ1) is 13.5. The van der Waals surface area contributed by atoms with E-state index in [-0.39, 0.29) is 5.91 Å². The summed E-state index contributed by atoms with van der Waals surface area (Å²) < 4.78 is 1.01. The van der Waals surface area contributed by atoms with Gasteiger partial charge in [-0.25, -0.2) is 0 Å². The van der Waals surface area contributed by atoms with Crippen LogP contribution >= 0.6 is 15.9 Å². The van der Waals surface area contributed by atoms with Crippen LogP contribution < -0.4 is 5.32 Å². The van der Waals surface area contributed by atoms with Crippen molar-refractivity contribution in [2.24, 2.45) is 0 Å². The van der Waals surface area contributed by atoms with E-state index in [1.54, 1.807) is 6.92 Å². The summed E-state index contributed by atoms with van der Waals surface area (Å²) in [6.07, 6.45) is 3.88. The molecule has 18 heavy (non-hydrogen) atoms. The number of piperidine rings is 1. The van der Waals surface area contributed by atoms with Crippen LogP contribution in [0.1, 0.15) is 25.5 Å². The first-order valence-corrected chi connectivity index (χ1v) is 7.02. The van der Waals surface area contributed by atoms with Gasteiger partial charge < -0.3 is 5.32 Å². The normalized spacial score (nSPS) is 17.7. The number of halogens is 1. The molecule has 1 aromatic rings. The summed E-state index contributed by atoms with van der Waals surface area (Å²) in [5.74, 6) is 0.0722. The lowest BCUT2D eigenvalue weighted by Crippen LogP contribution is -2.43. The van der Waals surface area contributed by atoms with Crippen LogP contribution in [0.25, 0.3) is 0 Å². The number of nitrogens with zero attached hydrogens (tertiary/aromatic N) is 2. The molecule has 98 valence electrons. The van der Waals surface area contributed by atoms with E-state index >= 15 is 0 Å². The second kappa shape index (κ2) is 6.29. The third kappa shape index (κ3) is 4.07. The molecule has 2 rings (SSSR count). The summed E-state index contributed by atoms with van der Waals surface area (Å²) >= 11 is 3.39. The highest BCUT2D eigenvalue weighted by molar-refractivity contribution is 9.10. The Bertz CT molecular complexity index is 399. The van der Waals surface area contributed by atoms with Gasteiger partial charge in [0.05, 0.1) is 5.69 Å². The Hall–Kier alpha value is -0.940. The summed E-state index contributed by atoms with van der Waals surface area (Å²) in [5, 5.41) is 2.99. The summed E-state index contributed by atoms with van der Waals surface area (Å²) in [7, 11) is 0. The molecule has 1 saturated heterocycles. The highest BCUT2D eigenvalue weighted by atomic mass is 79.9. The predicted molar refractivity (Wildman–Crippen MR) is 74.1 cm³/mol. The summed E-state index contributed by atoms with van der Waals surface area (Å²) in [5.41, 5.74) is 1.09. The molecule has 5 heteroatoms. The molecule has 0 aromatic carbocycles. The molecule has 0 atom stereocenters. The Labute approximate surface area is 116 Å². The van der Waals surface area contributed by atoms with Crippen LogP contribution in [0.15, 0.2) is 22.8 Å². The second-order valence-corrected chi connectivity index (χ2v) is 5.63. The lowest BCUT2D eigenvalue weighted by atomic mass is 10.0. The van der Waals surface area contributed by atoms with E-state index in [1.165, 1.54) is 0 Å². The van der Waals surface area contributed by atoms with Crippen molar-refractivity contribution in [1.82, 2.24) is 15.2 Å². The van der Waals surface area contributed by atoms with Gasteiger partial charge in [-0.3, -0.25) is 14.7 Å². The lowest BCUT2D eigenvalue weighted by Gasteiger charge is -2.31. The number of hydrogen-bond donors (Lipinski definition) is 1. The fraction of sp³-hybridized carbons (Fsp3) is 0.538. The van der Waals surface area contributed by atoms with Crippen LogP contribution in [0.3, 0.4) is 0 Å². The zero-order valence-corrected chi connectivity index (χ0v) is 12.1. The van der Waals surface area contributed by atoms with Gasteiger partial charge in [0.1, 0.15) is 0 Å². The molecule has 0 saturated carbocycles. The Morgan fingerprint density at radius 2 is 2.22 bits per heavy atom. The Morgan fingerprint density at radius 1 is 1.50 bits per heavy atom. The average Bonchev–Trinajstić information content (AvgIpc) is 2.34. The molecule has 0 aliphatic carbocycles. The third-order valence-electron chi connectivity index (χ3n) is 3.17. The second-order valence-electron chi connectivity index (χ2n) is 4.72. The van der Waals surface area contributed by atoms with Crippen molar-refractivity contribution in [2.75, 3.05) is 13.1 Å². The van der Waals surface area contributed by atoms with Crippen molar-refractivity contribution >= 4 is 21.8 Å². The van der Waals surface area contributed by atoms with Crippen molar-refractivity contribution < 1.29 is 4.79 Å². The van der Waals surface area contributed by atoms with E-state index in [1.807, 2.05) is 18.3 Å². The van der Waals surface area contributed by atoms with Crippen molar-refractivity contribution in [3.05, 3.63) is 28.5 Å². The first-order chi connectivity index (χ1) is 8.63. The predicted octanol–water partition coefficient (Wildman–Crippen LogP) is 1.94. The maximum atomic E-state index is 11.0. The van der Waals surface area contributed by atoms with Gasteiger partial charge in [-0.05, 0) is 40.9 Å².